The van der Waals surface area contributed by atoms with Gasteiger partial charge < -0.3 is 14.9 Å². The number of carbonyl (C=O) groups is 3. The quantitative estimate of drug-likeness (QED) is 0.850. The molecular formula is C16H25FN2O4. The number of carbonyl (C=O) groups excluding carboxylic acids is 2. The maximum atomic E-state index is 14.1. The van der Waals surface area contributed by atoms with Crippen molar-refractivity contribution in [3.05, 3.63) is 0 Å². The lowest BCUT2D eigenvalue weighted by molar-refractivity contribution is -0.151. The molecule has 0 spiro atoms. The van der Waals surface area contributed by atoms with E-state index in [1.165, 1.54) is 4.90 Å². The Morgan fingerprint density at radius 2 is 1.91 bits per heavy atom. The summed E-state index contributed by atoms with van der Waals surface area (Å²) in [7, 11) is 0. The summed E-state index contributed by atoms with van der Waals surface area (Å²) in [6, 6.07) is -0.582. The lowest BCUT2D eigenvalue weighted by Crippen LogP contribution is -2.49. The second-order valence-electron chi connectivity index (χ2n) is 7.76. The van der Waals surface area contributed by atoms with E-state index in [9.17, 15) is 18.8 Å². The predicted octanol–water partition coefficient (Wildman–Crippen LogP) is 1.44. The highest BCUT2D eigenvalue weighted by Gasteiger charge is 2.49. The lowest BCUT2D eigenvalue weighted by Gasteiger charge is -2.30. The number of nitrogens with zero attached hydrogens (tertiary/aromatic N) is 2. The van der Waals surface area contributed by atoms with Gasteiger partial charge in [0.1, 0.15) is 6.04 Å². The largest absolute Gasteiger partial charge is 0.479 e. The number of carboxylic acids is 1. The van der Waals surface area contributed by atoms with E-state index in [1.54, 1.807) is 4.90 Å². The van der Waals surface area contributed by atoms with Gasteiger partial charge in [-0.05, 0) is 18.3 Å². The summed E-state index contributed by atoms with van der Waals surface area (Å²) in [5.74, 6) is -1.93. The second kappa shape index (κ2) is 6.09. The van der Waals surface area contributed by atoms with Gasteiger partial charge in [-0.2, -0.15) is 0 Å². The Hall–Kier alpha value is -1.66. The summed E-state index contributed by atoms with van der Waals surface area (Å²) in [6.45, 7) is 6.06. The van der Waals surface area contributed by atoms with Crippen molar-refractivity contribution >= 4 is 17.8 Å². The molecule has 0 aromatic carbocycles. The Bertz CT molecular complexity index is 517. The Morgan fingerprint density at radius 3 is 2.43 bits per heavy atom. The monoisotopic (exact) mass is 328 g/mol. The highest BCUT2D eigenvalue weighted by Crippen LogP contribution is 2.30. The van der Waals surface area contributed by atoms with Crippen LogP contribution in [0.5, 0.6) is 0 Å². The number of amides is 2. The van der Waals surface area contributed by atoms with Gasteiger partial charge in [0.05, 0.1) is 6.54 Å². The Kier molecular flexibility index (Phi) is 4.69. The summed E-state index contributed by atoms with van der Waals surface area (Å²) >= 11 is 0. The average Bonchev–Trinajstić information content (AvgIpc) is 3.03. The molecule has 2 amide bonds. The second-order valence-corrected chi connectivity index (χ2v) is 7.76. The number of likely N-dealkylation sites (tertiary alicyclic amines) is 2. The van der Waals surface area contributed by atoms with Gasteiger partial charge in [-0.25, -0.2) is 9.18 Å². The van der Waals surface area contributed by atoms with Gasteiger partial charge in [0.2, 0.25) is 17.5 Å². The first kappa shape index (κ1) is 17.7. The number of hydrogen-bond donors (Lipinski definition) is 1. The molecule has 2 aliphatic rings. The van der Waals surface area contributed by atoms with E-state index in [4.69, 9.17) is 5.11 Å². The molecule has 0 bridgehead atoms. The van der Waals surface area contributed by atoms with Crippen LogP contribution in [0.15, 0.2) is 0 Å². The maximum absolute atomic E-state index is 14.1. The van der Waals surface area contributed by atoms with Crippen molar-refractivity contribution < 1.29 is 23.9 Å². The van der Waals surface area contributed by atoms with Crippen LogP contribution in [0.1, 0.15) is 46.5 Å². The number of hydrogen-bond acceptors (Lipinski definition) is 3. The minimum atomic E-state index is -2.37. The first-order valence-electron chi connectivity index (χ1n) is 8.04. The van der Waals surface area contributed by atoms with Crippen molar-refractivity contribution in [2.45, 2.75) is 58.2 Å². The first-order valence-corrected chi connectivity index (χ1v) is 8.04. The molecule has 2 saturated heterocycles. The molecule has 0 aromatic rings. The minimum Gasteiger partial charge on any atom is -0.479 e. The molecule has 2 aliphatic heterocycles. The van der Waals surface area contributed by atoms with Crippen LogP contribution in [0.25, 0.3) is 0 Å². The third-order valence-electron chi connectivity index (χ3n) is 4.45. The predicted molar refractivity (Wildman–Crippen MR) is 81.5 cm³/mol. The van der Waals surface area contributed by atoms with Crippen molar-refractivity contribution in [2.24, 2.45) is 5.41 Å². The molecule has 1 N–H and O–H groups in total. The Balaban J connectivity index is 2.04. The van der Waals surface area contributed by atoms with Crippen LogP contribution in [0.2, 0.25) is 0 Å². The van der Waals surface area contributed by atoms with Crippen molar-refractivity contribution in [3.8, 4) is 0 Å². The number of rotatable bonds is 3. The van der Waals surface area contributed by atoms with Crippen LogP contribution in [0, 0.1) is 5.41 Å². The normalized spacial score (nSPS) is 28.3. The van der Waals surface area contributed by atoms with Gasteiger partial charge in [0.25, 0.3) is 0 Å². The highest BCUT2D eigenvalue weighted by molar-refractivity contribution is 5.89. The summed E-state index contributed by atoms with van der Waals surface area (Å²) in [6.07, 6.45) is 1.44. The van der Waals surface area contributed by atoms with E-state index in [-0.39, 0.29) is 30.2 Å². The van der Waals surface area contributed by atoms with E-state index in [0.29, 0.717) is 19.4 Å². The molecule has 2 heterocycles. The number of aliphatic carboxylic acids is 1. The molecule has 2 fully saturated rings. The molecule has 0 saturated carbocycles. The van der Waals surface area contributed by atoms with E-state index in [1.807, 2.05) is 20.8 Å². The van der Waals surface area contributed by atoms with E-state index in [0.717, 1.165) is 6.42 Å². The zero-order valence-corrected chi connectivity index (χ0v) is 14.0. The van der Waals surface area contributed by atoms with Crippen LogP contribution in [0.3, 0.4) is 0 Å². The van der Waals surface area contributed by atoms with E-state index < -0.39 is 24.2 Å². The number of carboxylic acid groups (broad SMARTS) is 1. The molecular weight excluding hydrogens is 303 g/mol. The Morgan fingerprint density at radius 1 is 1.26 bits per heavy atom. The third kappa shape index (κ3) is 3.82. The van der Waals surface area contributed by atoms with Gasteiger partial charge in [-0.15, -0.1) is 0 Å². The lowest BCUT2D eigenvalue weighted by atomic mass is 9.91. The summed E-state index contributed by atoms with van der Waals surface area (Å²) in [4.78, 5) is 38.8. The molecule has 2 rings (SSSR count). The standard InChI is InChI=1S/C16H25FN2O4/c1-15(2,3)9-12(20)19-7-4-5-11(19)13(21)18-8-6-16(17,10-18)14(22)23/h11H,4-10H2,1-3H3,(H,22,23). The van der Waals surface area contributed by atoms with Gasteiger partial charge in [0, 0.05) is 25.9 Å². The van der Waals surface area contributed by atoms with Gasteiger partial charge in [-0.1, -0.05) is 20.8 Å². The topological polar surface area (TPSA) is 77.9 Å². The highest BCUT2D eigenvalue weighted by atomic mass is 19.1. The first-order chi connectivity index (χ1) is 10.5. The van der Waals surface area contributed by atoms with Crippen LogP contribution in [-0.2, 0) is 14.4 Å². The van der Waals surface area contributed by atoms with Gasteiger partial charge in [0.15, 0.2) is 0 Å². The van der Waals surface area contributed by atoms with E-state index >= 15 is 0 Å². The van der Waals surface area contributed by atoms with Crippen LogP contribution in [-0.4, -0.2) is 64.0 Å². The molecule has 7 heteroatoms. The fraction of sp³-hybridized carbons (Fsp3) is 0.812. The van der Waals surface area contributed by atoms with Crippen molar-refractivity contribution in [2.75, 3.05) is 19.6 Å². The fourth-order valence-electron chi connectivity index (χ4n) is 3.22. The average molecular weight is 328 g/mol. The smallest absolute Gasteiger partial charge is 0.343 e. The van der Waals surface area contributed by atoms with Crippen LogP contribution in [0.4, 0.5) is 4.39 Å². The number of alkyl halides is 1. The van der Waals surface area contributed by atoms with Gasteiger partial charge >= 0.3 is 5.97 Å². The molecule has 0 radical (unpaired) electrons. The third-order valence-corrected chi connectivity index (χ3v) is 4.45. The molecule has 2 atom stereocenters. The summed E-state index contributed by atoms with van der Waals surface area (Å²) in [5.41, 5.74) is -2.53. The maximum Gasteiger partial charge on any atom is 0.343 e. The van der Waals surface area contributed by atoms with Crippen molar-refractivity contribution in [1.29, 1.82) is 0 Å². The van der Waals surface area contributed by atoms with Gasteiger partial charge in [-0.3, -0.25) is 9.59 Å². The van der Waals surface area contributed by atoms with Crippen molar-refractivity contribution in [3.63, 3.8) is 0 Å². The zero-order valence-electron chi connectivity index (χ0n) is 14.0. The SMILES string of the molecule is CC(C)(C)CC(=O)N1CCCC1C(=O)N1CCC(F)(C(=O)O)C1. The fourth-order valence-corrected chi connectivity index (χ4v) is 3.22. The minimum absolute atomic E-state index is 0.0720. The number of halogens is 1. The zero-order chi connectivity index (χ0) is 17.4. The molecule has 23 heavy (non-hydrogen) atoms. The molecule has 130 valence electrons. The van der Waals surface area contributed by atoms with Crippen LogP contribution >= 0.6 is 0 Å². The van der Waals surface area contributed by atoms with E-state index in [2.05, 4.69) is 0 Å². The summed E-state index contributed by atoms with van der Waals surface area (Å²) < 4.78 is 14.1. The Labute approximate surface area is 135 Å². The molecule has 0 aromatic heterocycles. The molecule has 2 unspecified atom stereocenters. The van der Waals surface area contributed by atoms with Crippen molar-refractivity contribution in [1.82, 2.24) is 9.80 Å². The molecule has 0 aliphatic carbocycles. The summed E-state index contributed by atoms with van der Waals surface area (Å²) in [5, 5.41) is 8.93. The van der Waals surface area contributed by atoms with Crippen LogP contribution < -0.4 is 0 Å². The molecule has 6 nitrogen and oxygen atoms in total.